The van der Waals surface area contributed by atoms with Crippen LogP contribution in [0.1, 0.15) is 36.8 Å². The predicted molar refractivity (Wildman–Crippen MR) is 77.8 cm³/mol. The Morgan fingerprint density at radius 2 is 2.26 bits per heavy atom. The van der Waals surface area contributed by atoms with Crippen LogP contribution in [0.4, 0.5) is 0 Å². The van der Waals surface area contributed by atoms with Gasteiger partial charge in [-0.1, -0.05) is 36.2 Å². The lowest BCUT2D eigenvalue weighted by molar-refractivity contribution is -0.122. The SMILES string of the molecule is Cc1cccc(CCNC(=O)C[C@@H]2CCC[C@H]2N)c1. The first-order chi connectivity index (χ1) is 9.15. The third-order valence-corrected chi connectivity index (χ3v) is 3.98. The number of aryl methyl sites for hydroxylation is 1. The summed E-state index contributed by atoms with van der Waals surface area (Å²) in [4.78, 5) is 11.8. The van der Waals surface area contributed by atoms with E-state index in [0.717, 1.165) is 19.3 Å². The van der Waals surface area contributed by atoms with Gasteiger partial charge in [-0.3, -0.25) is 4.79 Å². The molecule has 0 aromatic heterocycles. The maximum atomic E-state index is 11.8. The normalized spacial score (nSPS) is 22.4. The van der Waals surface area contributed by atoms with E-state index in [1.165, 1.54) is 17.5 Å². The zero-order chi connectivity index (χ0) is 13.7. The second-order valence-electron chi connectivity index (χ2n) is 5.65. The van der Waals surface area contributed by atoms with Crippen molar-refractivity contribution < 1.29 is 4.79 Å². The predicted octanol–water partition coefficient (Wildman–Crippen LogP) is 2.17. The highest BCUT2D eigenvalue weighted by Crippen LogP contribution is 2.26. The molecule has 2 rings (SSSR count). The van der Waals surface area contributed by atoms with Crippen molar-refractivity contribution >= 4 is 5.91 Å². The van der Waals surface area contributed by atoms with Gasteiger partial charge in [-0.25, -0.2) is 0 Å². The summed E-state index contributed by atoms with van der Waals surface area (Å²) in [7, 11) is 0. The zero-order valence-electron chi connectivity index (χ0n) is 11.7. The van der Waals surface area contributed by atoms with Crippen molar-refractivity contribution in [3.05, 3.63) is 35.4 Å². The lowest BCUT2D eigenvalue weighted by atomic mass is 10.00. The summed E-state index contributed by atoms with van der Waals surface area (Å²) < 4.78 is 0. The summed E-state index contributed by atoms with van der Waals surface area (Å²) in [5, 5.41) is 3.00. The molecule has 1 fully saturated rings. The molecule has 1 aliphatic carbocycles. The molecular weight excluding hydrogens is 236 g/mol. The fourth-order valence-electron chi connectivity index (χ4n) is 2.84. The van der Waals surface area contributed by atoms with Crippen molar-refractivity contribution in [1.82, 2.24) is 5.32 Å². The van der Waals surface area contributed by atoms with Gasteiger partial charge in [-0.05, 0) is 37.7 Å². The number of rotatable bonds is 5. The van der Waals surface area contributed by atoms with Crippen LogP contribution in [0, 0.1) is 12.8 Å². The Labute approximate surface area is 115 Å². The van der Waals surface area contributed by atoms with E-state index in [4.69, 9.17) is 5.73 Å². The van der Waals surface area contributed by atoms with Crippen molar-refractivity contribution in [2.75, 3.05) is 6.54 Å². The van der Waals surface area contributed by atoms with Crippen LogP contribution in [0.15, 0.2) is 24.3 Å². The van der Waals surface area contributed by atoms with Gasteiger partial charge in [0.25, 0.3) is 0 Å². The largest absolute Gasteiger partial charge is 0.356 e. The van der Waals surface area contributed by atoms with Crippen LogP contribution in [-0.2, 0) is 11.2 Å². The molecule has 0 spiro atoms. The molecule has 19 heavy (non-hydrogen) atoms. The van der Waals surface area contributed by atoms with E-state index >= 15 is 0 Å². The molecule has 104 valence electrons. The highest BCUT2D eigenvalue weighted by molar-refractivity contribution is 5.76. The van der Waals surface area contributed by atoms with Gasteiger partial charge in [-0.15, -0.1) is 0 Å². The van der Waals surface area contributed by atoms with Crippen molar-refractivity contribution in [2.45, 2.75) is 45.1 Å². The van der Waals surface area contributed by atoms with Gasteiger partial charge in [0.05, 0.1) is 0 Å². The molecule has 0 aliphatic heterocycles. The Morgan fingerprint density at radius 1 is 1.42 bits per heavy atom. The van der Waals surface area contributed by atoms with Crippen LogP contribution in [0.5, 0.6) is 0 Å². The van der Waals surface area contributed by atoms with Crippen molar-refractivity contribution in [2.24, 2.45) is 11.7 Å². The van der Waals surface area contributed by atoms with Crippen molar-refractivity contribution in [3.63, 3.8) is 0 Å². The number of benzene rings is 1. The van der Waals surface area contributed by atoms with Crippen LogP contribution in [0.25, 0.3) is 0 Å². The van der Waals surface area contributed by atoms with E-state index < -0.39 is 0 Å². The number of hydrogen-bond acceptors (Lipinski definition) is 2. The number of nitrogens with one attached hydrogen (secondary N) is 1. The molecule has 0 bridgehead atoms. The number of carbonyl (C=O) groups is 1. The third-order valence-electron chi connectivity index (χ3n) is 3.98. The van der Waals surface area contributed by atoms with Gasteiger partial charge >= 0.3 is 0 Å². The van der Waals surface area contributed by atoms with Gasteiger partial charge < -0.3 is 11.1 Å². The summed E-state index contributed by atoms with van der Waals surface area (Å²) in [5.74, 6) is 0.536. The average Bonchev–Trinajstić information content (AvgIpc) is 2.75. The summed E-state index contributed by atoms with van der Waals surface area (Å²) in [6, 6.07) is 8.64. The van der Waals surface area contributed by atoms with Gasteiger partial charge in [0.2, 0.25) is 5.91 Å². The smallest absolute Gasteiger partial charge is 0.220 e. The molecular formula is C16H24N2O. The molecule has 1 aromatic carbocycles. The van der Waals surface area contributed by atoms with E-state index in [9.17, 15) is 4.79 Å². The quantitative estimate of drug-likeness (QED) is 0.852. The highest BCUT2D eigenvalue weighted by Gasteiger charge is 2.25. The van der Waals surface area contributed by atoms with E-state index in [2.05, 4.69) is 36.5 Å². The molecule has 1 aromatic rings. The molecule has 1 aliphatic rings. The molecule has 0 saturated heterocycles. The molecule has 3 N–H and O–H groups in total. The van der Waals surface area contributed by atoms with E-state index in [0.29, 0.717) is 18.9 Å². The Kier molecular flexibility index (Phi) is 4.97. The Morgan fingerprint density at radius 3 is 2.95 bits per heavy atom. The monoisotopic (exact) mass is 260 g/mol. The standard InChI is InChI=1S/C16H24N2O/c1-12-4-2-5-13(10-12)8-9-18-16(19)11-14-6-3-7-15(14)17/h2,4-5,10,14-15H,3,6-9,11,17H2,1H3,(H,18,19)/t14-,15+/m0/s1. The minimum atomic E-state index is 0.148. The molecule has 2 atom stereocenters. The number of hydrogen-bond donors (Lipinski definition) is 2. The van der Waals surface area contributed by atoms with Crippen LogP contribution in [-0.4, -0.2) is 18.5 Å². The lowest BCUT2D eigenvalue weighted by Crippen LogP contribution is -2.32. The van der Waals surface area contributed by atoms with Crippen LogP contribution < -0.4 is 11.1 Å². The van der Waals surface area contributed by atoms with Crippen molar-refractivity contribution in [1.29, 1.82) is 0 Å². The summed E-state index contributed by atoms with van der Waals surface area (Å²) in [6.07, 6.45) is 4.83. The highest BCUT2D eigenvalue weighted by atomic mass is 16.1. The minimum Gasteiger partial charge on any atom is -0.356 e. The molecule has 0 unspecified atom stereocenters. The lowest BCUT2D eigenvalue weighted by Gasteiger charge is -2.14. The van der Waals surface area contributed by atoms with Gasteiger partial charge in [0, 0.05) is 19.0 Å². The van der Waals surface area contributed by atoms with Gasteiger partial charge in [0.15, 0.2) is 0 Å². The van der Waals surface area contributed by atoms with Crippen LogP contribution in [0.3, 0.4) is 0 Å². The summed E-state index contributed by atoms with van der Waals surface area (Å²) >= 11 is 0. The maximum absolute atomic E-state index is 11.8. The van der Waals surface area contributed by atoms with Crippen LogP contribution >= 0.6 is 0 Å². The van der Waals surface area contributed by atoms with Crippen molar-refractivity contribution in [3.8, 4) is 0 Å². The first kappa shape index (κ1) is 14.1. The molecule has 0 radical (unpaired) electrons. The second kappa shape index (κ2) is 6.71. The third kappa shape index (κ3) is 4.35. The average molecular weight is 260 g/mol. The molecule has 1 saturated carbocycles. The first-order valence-electron chi connectivity index (χ1n) is 7.23. The Bertz CT molecular complexity index is 431. The number of nitrogens with two attached hydrogens (primary N) is 1. The van der Waals surface area contributed by atoms with E-state index in [1.807, 2.05) is 0 Å². The Hall–Kier alpha value is -1.35. The van der Waals surface area contributed by atoms with E-state index in [1.54, 1.807) is 0 Å². The fraction of sp³-hybridized carbons (Fsp3) is 0.562. The maximum Gasteiger partial charge on any atom is 0.220 e. The topological polar surface area (TPSA) is 55.1 Å². The van der Waals surface area contributed by atoms with Gasteiger partial charge in [0.1, 0.15) is 0 Å². The molecule has 1 amide bonds. The number of carbonyl (C=O) groups excluding carboxylic acids is 1. The van der Waals surface area contributed by atoms with E-state index in [-0.39, 0.29) is 11.9 Å². The molecule has 3 nitrogen and oxygen atoms in total. The summed E-state index contributed by atoms with van der Waals surface area (Å²) in [6.45, 7) is 2.80. The zero-order valence-corrected chi connectivity index (χ0v) is 11.7. The molecule has 0 heterocycles. The number of amides is 1. The summed E-state index contributed by atoms with van der Waals surface area (Å²) in [5.41, 5.74) is 8.52. The minimum absolute atomic E-state index is 0.148. The first-order valence-corrected chi connectivity index (χ1v) is 7.23. The fourth-order valence-corrected chi connectivity index (χ4v) is 2.84. The van der Waals surface area contributed by atoms with Gasteiger partial charge in [-0.2, -0.15) is 0 Å². The second-order valence-corrected chi connectivity index (χ2v) is 5.65. The Balaban J connectivity index is 1.69. The van der Waals surface area contributed by atoms with Crippen LogP contribution in [0.2, 0.25) is 0 Å². The molecule has 3 heteroatoms.